The van der Waals surface area contributed by atoms with Gasteiger partial charge in [-0.1, -0.05) is 5.64 Å². The van der Waals surface area contributed by atoms with Crippen molar-refractivity contribution in [2.45, 2.75) is 26.4 Å². The summed E-state index contributed by atoms with van der Waals surface area (Å²) in [5.41, 5.74) is 1.99. The van der Waals surface area contributed by atoms with Gasteiger partial charge in [0.15, 0.2) is 0 Å². The van der Waals surface area contributed by atoms with Gasteiger partial charge in [0, 0.05) is 0 Å². The van der Waals surface area contributed by atoms with Crippen LogP contribution in [0.2, 0.25) is 0 Å². The van der Waals surface area contributed by atoms with Gasteiger partial charge in [-0.05, 0) is 20.8 Å². The van der Waals surface area contributed by atoms with Gasteiger partial charge in [0.2, 0.25) is 0 Å². The van der Waals surface area contributed by atoms with Crippen LogP contribution in [0.3, 0.4) is 0 Å². The summed E-state index contributed by atoms with van der Waals surface area (Å²) in [6.45, 7) is 5.73. The molecule has 0 aliphatic carbocycles. The molecule has 0 saturated carbocycles. The van der Waals surface area contributed by atoms with Crippen LogP contribution in [-0.4, -0.2) is 5.60 Å². The van der Waals surface area contributed by atoms with Gasteiger partial charge in [-0.25, -0.2) is 0 Å². The van der Waals surface area contributed by atoms with Crippen LogP contribution in [0, 0.1) is 0 Å². The molecule has 0 aliphatic rings. The van der Waals surface area contributed by atoms with Gasteiger partial charge < -0.3 is 0 Å². The fourth-order valence-corrected chi connectivity index (χ4v) is 0.207. The largest absolute Gasteiger partial charge is 0.270 e. The van der Waals surface area contributed by atoms with E-state index in [1.54, 1.807) is 0 Å². The molecule has 0 amide bonds. The van der Waals surface area contributed by atoms with Crippen LogP contribution in [0.4, 0.5) is 0 Å². The maximum Gasteiger partial charge on any atom is 0.128 e. The van der Waals surface area contributed by atoms with E-state index < -0.39 is 0 Å². The average Bonchev–Trinajstić information content (AvgIpc) is 1.59. The van der Waals surface area contributed by atoms with Crippen LogP contribution in [-0.2, 0) is 8.77 Å². The normalized spacial score (nSPS) is 12.0. The average molecular weight is 184 g/mol. The minimum absolute atomic E-state index is 0.215. The third kappa shape index (κ3) is 6.36. The highest BCUT2D eigenvalue weighted by atomic mass is 79.9. The molecule has 0 aliphatic heterocycles. The molecule has 0 saturated heterocycles. The first-order valence-corrected chi connectivity index (χ1v) is 2.91. The predicted molar refractivity (Wildman–Crippen MR) is 34.0 cm³/mol. The van der Waals surface area contributed by atoms with E-state index in [4.69, 9.17) is 4.84 Å². The van der Waals surface area contributed by atoms with Gasteiger partial charge >= 0.3 is 0 Å². The van der Waals surface area contributed by atoms with Crippen LogP contribution in [0.1, 0.15) is 20.8 Å². The lowest BCUT2D eigenvalue weighted by atomic mass is 10.2. The Kier molecular flexibility index (Phi) is 3.55. The molecule has 0 heterocycles. The first kappa shape index (κ1) is 8.36. The van der Waals surface area contributed by atoms with Gasteiger partial charge in [0.25, 0.3) is 0 Å². The second kappa shape index (κ2) is 3.40. The van der Waals surface area contributed by atoms with Crippen LogP contribution in [0.25, 0.3) is 0 Å². The number of hydrogen-bond acceptors (Lipinski definition) is 3. The van der Waals surface area contributed by atoms with Crippen molar-refractivity contribution in [3.63, 3.8) is 0 Å². The van der Waals surface area contributed by atoms with Crippen molar-refractivity contribution >= 4 is 16.3 Å². The zero-order valence-electron chi connectivity index (χ0n) is 5.19. The Hall–Kier alpha value is 0.360. The summed E-state index contributed by atoms with van der Waals surface area (Å²) in [5, 5.41) is 0. The van der Waals surface area contributed by atoms with Gasteiger partial charge in [-0.3, -0.25) is 4.84 Å². The highest BCUT2D eigenvalue weighted by Crippen LogP contribution is 2.03. The second-order valence-corrected chi connectivity index (χ2v) is 2.70. The minimum atomic E-state index is -0.215. The van der Waals surface area contributed by atoms with Crippen LogP contribution >= 0.6 is 16.3 Å². The molecule has 0 unspecified atom stereocenters. The van der Waals surface area contributed by atoms with Gasteiger partial charge in [-0.2, -0.15) is 3.93 Å². The zero-order valence-corrected chi connectivity index (χ0v) is 6.78. The highest BCUT2D eigenvalue weighted by Gasteiger charge is 2.09. The summed E-state index contributed by atoms with van der Waals surface area (Å²) in [4.78, 5) is 4.86. The molecule has 0 bridgehead atoms. The van der Waals surface area contributed by atoms with Gasteiger partial charge in [0.05, 0.1) is 5.60 Å². The Balaban J connectivity index is 3.11. The van der Waals surface area contributed by atoms with Crippen molar-refractivity contribution in [2.24, 2.45) is 0 Å². The molecule has 0 spiro atoms. The first-order chi connectivity index (χ1) is 3.56. The van der Waals surface area contributed by atoms with Crippen molar-refractivity contribution < 1.29 is 8.77 Å². The Morgan fingerprint density at radius 2 is 1.88 bits per heavy atom. The van der Waals surface area contributed by atoms with E-state index >= 15 is 0 Å². The lowest BCUT2D eigenvalue weighted by Crippen LogP contribution is -2.27. The molecule has 0 aromatic carbocycles. The molecule has 3 nitrogen and oxygen atoms in total. The van der Waals surface area contributed by atoms with Gasteiger partial charge in [0.1, 0.15) is 16.3 Å². The molecule has 0 rings (SSSR count). The second-order valence-electron chi connectivity index (χ2n) is 2.37. The summed E-state index contributed by atoms with van der Waals surface area (Å²) in [6.07, 6.45) is 0. The van der Waals surface area contributed by atoms with Crippen molar-refractivity contribution in [2.75, 3.05) is 0 Å². The number of hydrogen-bond donors (Lipinski definition) is 1. The summed E-state index contributed by atoms with van der Waals surface area (Å²) in [6, 6.07) is 0. The minimum Gasteiger partial charge on any atom is -0.270 e. The summed E-state index contributed by atoms with van der Waals surface area (Å²) in [7, 11) is 0. The maximum atomic E-state index is 4.86. The zero-order chi connectivity index (χ0) is 6.62. The fourth-order valence-electron chi connectivity index (χ4n) is 0.141. The van der Waals surface area contributed by atoms with Crippen LogP contribution in [0.15, 0.2) is 0 Å². The van der Waals surface area contributed by atoms with E-state index in [1.165, 1.54) is 0 Å². The molecule has 0 atom stereocenters. The highest BCUT2D eigenvalue weighted by molar-refractivity contribution is 9.05. The Bertz CT molecular complexity index is 61.5. The van der Waals surface area contributed by atoms with Crippen molar-refractivity contribution in [1.82, 2.24) is 5.64 Å². The van der Waals surface area contributed by atoms with E-state index in [-0.39, 0.29) is 5.60 Å². The molecule has 50 valence electrons. The molecule has 0 radical (unpaired) electrons. The van der Waals surface area contributed by atoms with Crippen LogP contribution in [0.5, 0.6) is 0 Å². The number of halogens is 1. The molecule has 4 heteroatoms. The summed E-state index contributed by atoms with van der Waals surface area (Å²) >= 11 is 2.67. The maximum absolute atomic E-state index is 4.86. The lowest BCUT2D eigenvalue weighted by molar-refractivity contribution is -0.163. The van der Waals surface area contributed by atoms with E-state index in [0.29, 0.717) is 0 Å². The standard InChI is InChI=1S/C4H10BrNO2/c1-4(2,3)7-6-8-5/h6H,1-3H3. The topological polar surface area (TPSA) is 30.5 Å². The Labute approximate surface area is 57.7 Å². The molecule has 8 heavy (non-hydrogen) atoms. The smallest absolute Gasteiger partial charge is 0.128 e. The number of rotatable bonds is 2. The molecular formula is C4H10BrNO2. The fraction of sp³-hybridized carbons (Fsp3) is 1.00. The SMILES string of the molecule is CC(C)(C)ONOBr. The van der Waals surface area contributed by atoms with Crippen molar-refractivity contribution in [1.29, 1.82) is 0 Å². The van der Waals surface area contributed by atoms with E-state index in [0.717, 1.165) is 0 Å². The third-order valence-corrected chi connectivity index (χ3v) is 0.512. The van der Waals surface area contributed by atoms with E-state index in [2.05, 4.69) is 25.8 Å². The summed E-state index contributed by atoms with van der Waals surface area (Å²) in [5.74, 6) is 0. The molecular weight excluding hydrogens is 174 g/mol. The van der Waals surface area contributed by atoms with E-state index in [1.807, 2.05) is 20.8 Å². The van der Waals surface area contributed by atoms with Crippen molar-refractivity contribution in [3.8, 4) is 0 Å². The molecule has 0 fully saturated rings. The Morgan fingerprint density at radius 1 is 1.38 bits per heavy atom. The Morgan fingerprint density at radius 3 is 2.00 bits per heavy atom. The number of nitrogens with one attached hydrogen (secondary N) is 1. The third-order valence-electron chi connectivity index (χ3n) is 0.379. The van der Waals surface area contributed by atoms with E-state index in [9.17, 15) is 0 Å². The summed E-state index contributed by atoms with van der Waals surface area (Å²) < 4.78 is 4.26. The van der Waals surface area contributed by atoms with Crippen LogP contribution < -0.4 is 5.64 Å². The van der Waals surface area contributed by atoms with Crippen molar-refractivity contribution in [3.05, 3.63) is 0 Å². The molecule has 0 aromatic heterocycles. The molecule has 0 aromatic rings. The van der Waals surface area contributed by atoms with Gasteiger partial charge in [-0.15, -0.1) is 0 Å². The molecule has 1 N–H and O–H groups in total. The lowest BCUT2D eigenvalue weighted by Gasteiger charge is -2.16. The predicted octanol–water partition coefficient (Wildman–Crippen LogP) is 1.55. The monoisotopic (exact) mass is 183 g/mol. The quantitative estimate of drug-likeness (QED) is 0.660. The first-order valence-electron chi connectivity index (χ1n) is 2.27.